The van der Waals surface area contributed by atoms with Gasteiger partial charge in [0, 0.05) is 13.1 Å². The van der Waals surface area contributed by atoms with Crippen LogP contribution in [0.5, 0.6) is 0 Å². The second-order valence-electron chi connectivity index (χ2n) is 4.29. The van der Waals surface area contributed by atoms with Crippen molar-refractivity contribution in [3.63, 3.8) is 0 Å². The molecule has 0 aromatic carbocycles. The zero-order chi connectivity index (χ0) is 11.8. The van der Waals surface area contributed by atoms with Gasteiger partial charge in [0.05, 0.1) is 13.0 Å². The summed E-state index contributed by atoms with van der Waals surface area (Å²) in [6, 6.07) is 0. The van der Waals surface area contributed by atoms with Gasteiger partial charge in [0.2, 0.25) is 0 Å². The third kappa shape index (κ3) is 5.78. The van der Waals surface area contributed by atoms with Gasteiger partial charge in [-0.15, -0.1) is 0 Å². The molecule has 0 aliphatic rings. The Morgan fingerprint density at radius 3 is 2.27 bits per heavy atom. The largest absolute Gasteiger partial charge is 0.469 e. The van der Waals surface area contributed by atoms with Crippen LogP contribution in [-0.4, -0.2) is 37.6 Å². The lowest BCUT2D eigenvalue weighted by Gasteiger charge is -2.25. The molecule has 90 valence electrons. The van der Waals surface area contributed by atoms with Crippen LogP contribution < -0.4 is 0 Å². The molecule has 3 nitrogen and oxygen atoms in total. The number of nitrogens with zero attached hydrogens (tertiary/aromatic N) is 1. The predicted octanol–water partition coefficient (Wildman–Crippen LogP) is 2.16. The Bertz CT molecular complexity index is 182. The number of ether oxygens (including phenoxy) is 1. The van der Waals surface area contributed by atoms with Crippen molar-refractivity contribution in [2.75, 3.05) is 26.7 Å². The van der Waals surface area contributed by atoms with Gasteiger partial charge in [-0.1, -0.05) is 34.1 Å². The number of hydrogen-bond donors (Lipinski definition) is 0. The molecular weight excluding hydrogens is 190 g/mol. The van der Waals surface area contributed by atoms with Crippen LogP contribution in [0.2, 0.25) is 0 Å². The number of esters is 1. The number of hydrogen-bond acceptors (Lipinski definition) is 3. The van der Waals surface area contributed by atoms with Gasteiger partial charge in [-0.05, 0) is 12.5 Å². The minimum atomic E-state index is -0.113. The predicted molar refractivity (Wildman–Crippen MR) is 62.7 cm³/mol. The first-order chi connectivity index (χ1) is 7.04. The molecule has 0 fully saturated rings. The van der Waals surface area contributed by atoms with Gasteiger partial charge in [-0.2, -0.15) is 0 Å². The lowest BCUT2D eigenvalue weighted by Crippen LogP contribution is -2.35. The summed E-state index contributed by atoms with van der Waals surface area (Å²) in [4.78, 5) is 13.6. The second-order valence-corrected chi connectivity index (χ2v) is 4.29. The average Bonchev–Trinajstić information content (AvgIpc) is 2.26. The summed E-state index contributed by atoms with van der Waals surface area (Å²) >= 11 is 0. The highest BCUT2D eigenvalue weighted by molar-refractivity contribution is 5.72. The number of carbonyl (C=O) groups excluding carboxylic acids is 1. The smallest absolute Gasteiger partial charge is 0.309 e. The molecule has 3 heteroatoms. The summed E-state index contributed by atoms with van der Waals surface area (Å²) in [6.45, 7) is 11.3. The second kappa shape index (κ2) is 7.69. The maximum Gasteiger partial charge on any atom is 0.309 e. The van der Waals surface area contributed by atoms with Crippen molar-refractivity contribution >= 4 is 5.97 Å². The van der Waals surface area contributed by atoms with E-state index in [9.17, 15) is 4.79 Å². The van der Waals surface area contributed by atoms with Crippen LogP contribution in [0.15, 0.2) is 0 Å². The fourth-order valence-corrected chi connectivity index (χ4v) is 1.57. The van der Waals surface area contributed by atoms with E-state index in [1.807, 2.05) is 6.92 Å². The molecule has 0 saturated heterocycles. The Labute approximate surface area is 93.8 Å². The summed E-state index contributed by atoms with van der Waals surface area (Å²) in [5, 5.41) is 0. The molecule has 0 spiro atoms. The van der Waals surface area contributed by atoms with Crippen molar-refractivity contribution in [3.8, 4) is 0 Å². The van der Waals surface area contributed by atoms with Crippen molar-refractivity contribution in [2.45, 2.75) is 34.1 Å². The van der Waals surface area contributed by atoms with E-state index in [1.54, 1.807) is 0 Å². The number of rotatable bonds is 7. The zero-order valence-electron chi connectivity index (χ0n) is 10.7. The van der Waals surface area contributed by atoms with Gasteiger partial charge in [-0.25, -0.2) is 0 Å². The third-order valence-corrected chi connectivity index (χ3v) is 2.85. The molecule has 2 atom stereocenters. The fraction of sp³-hybridized carbons (Fsp3) is 0.917. The highest BCUT2D eigenvalue weighted by atomic mass is 16.5. The molecule has 0 aromatic heterocycles. The minimum Gasteiger partial charge on any atom is -0.469 e. The SMILES string of the molecule is CCC(C)CN(CC)CC(C)C(=O)OC. The Hall–Kier alpha value is -0.570. The van der Waals surface area contributed by atoms with E-state index in [2.05, 4.69) is 25.7 Å². The molecule has 0 rings (SSSR count). The summed E-state index contributed by atoms with van der Waals surface area (Å²) in [5.74, 6) is 0.548. The van der Waals surface area contributed by atoms with E-state index in [4.69, 9.17) is 4.74 Å². The quantitative estimate of drug-likeness (QED) is 0.610. The average molecular weight is 215 g/mol. The van der Waals surface area contributed by atoms with Crippen molar-refractivity contribution in [3.05, 3.63) is 0 Å². The lowest BCUT2D eigenvalue weighted by atomic mass is 10.1. The van der Waals surface area contributed by atoms with Gasteiger partial charge in [-0.3, -0.25) is 4.79 Å². The van der Waals surface area contributed by atoms with Crippen LogP contribution in [0.1, 0.15) is 34.1 Å². The van der Waals surface area contributed by atoms with Gasteiger partial charge in [0.1, 0.15) is 0 Å². The van der Waals surface area contributed by atoms with Crippen molar-refractivity contribution in [1.29, 1.82) is 0 Å². The molecule has 0 radical (unpaired) electrons. The number of carbonyl (C=O) groups is 1. The first kappa shape index (κ1) is 14.4. The van der Waals surface area contributed by atoms with Gasteiger partial charge >= 0.3 is 5.97 Å². The maximum atomic E-state index is 11.3. The van der Waals surface area contributed by atoms with Gasteiger partial charge < -0.3 is 9.64 Å². The highest BCUT2D eigenvalue weighted by Gasteiger charge is 2.17. The highest BCUT2D eigenvalue weighted by Crippen LogP contribution is 2.07. The Kier molecular flexibility index (Phi) is 7.39. The van der Waals surface area contributed by atoms with E-state index >= 15 is 0 Å². The van der Waals surface area contributed by atoms with Crippen LogP contribution in [-0.2, 0) is 9.53 Å². The summed E-state index contributed by atoms with van der Waals surface area (Å²) in [7, 11) is 1.45. The lowest BCUT2D eigenvalue weighted by molar-refractivity contribution is -0.145. The van der Waals surface area contributed by atoms with Crippen LogP contribution in [0.25, 0.3) is 0 Å². The first-order valence-electron chi connectivity index (χ1n) is 5.85. The number of methoxy groups -OCH3 is 1. The maximum absolute atomic E-state index is 11.3. The molecule has 0 amide bonds. The van der Waals surface area contributed by atoms with Crippen molar-refractivity contribution in [2.24, 2.45) is 11.8 Å². The van der Waals surface area contributed by atoms with Gasteiger partial charge in [0.15, 0.2) is 0 Å². The summed E-state index contributed by atoms with van der Waals surface area (Å²) < 4.78 is 4.72. The molecule has 0 heterocycles. The van der Waals surface area contributed by atoms with E-state index in [-0.39, 0.29) is 11.9 Å². The molecule has 0 aliphatic carbocycles. The monoisotopic (exact) mass is 215 g/mol. The van der Waals surface area contributed by atoms with E-state index in [1.165, 1.54) is 13.5 Å². The minimum absolute atomic E-state index is 0.0287. The Morgan fingerprint density at radius 2 is 1.87 bits per heavy atom. The molecule has 0 saturated carbocycles. The zero-order valence-corrected chi connectivity index (χ0v) is 10.7. The fourth-order valence-electron chi connectivity index (χ4n) is 1.57. The van der Waals surface area contributed by atoms with E-state index in [0.717, 1.165) is 19.6 Å². The Balaban J connectivity index is 4.03. The molecule has 0 aliphatic heterocycles. The van der Waals surface area contributed by atoms with Crippen molar-refractivity contribution < 1.29 is 9.53 Å². The molecule has 15 heavy (non-hydrogen) atoms. The first-order valence-corrected chi connectivity index (χ1v) is 5.85. The van der Waals surface area contributed by atoms with E-state index in [0.29, 0.717) is 5.92 Å². The van der Waals surface area contributed by atoms with Crippen LogP contribution in [0.3, 0.4) is 0 Å². The third-order valence-electron chi connectivity index (χ3n) is 2.85. The van der Waals surface area contributed by atoms with Gasteiger partial charge in [0.25, 0.3) is 0 Å². The van der Waals surface area contributed by atoms with Crippen molar-refractivity contribution in [1.82, 2.24) is 4.90 Å². The van der Waals surface area contributed by atoms with Crippen LogP contribution in [0, 0.1) is 11.8 Å². The van der Waals surface area contributed by atoms with Crippen LogP contribution >= 0.6 is 0 Å². The summed E-state index contributed by atoms with van der Waals surface area (Å²) in [6.07, 6.45) is 1.18. The van der Waals surface area contributed by atoms with E-state index < -0.39 is 0 Å². The normalized spacial score (nSPS) is 15.1. The standard InChI is InChI=1S/C12H25NO2/c1-6-10(3)8-13(7-2)9-11(4)12(14)15-5/h10-11H,6-9H2,1-5H3. The molecule has 0 aromatic rings. The molecule has 2 unspecified atom stereocenters. The molecule has 0 N–H and O–H groups in total. The summed E-state index contributed by atoms with van der Waals surface area (Å²) in [5.41, 5.74) is 0. The van der Waals surface area contributed by atoms with Crippen LogP contribution in [0.4, 0.5) is 0 Å². The molecule has 0 bridgehead atoms. The topological polar surface area (TPSA) is 29.5 Å². The Morgan fingerprint density at radius 1 is 1.27 bits per heavy atom. The molecular formula is C12H25NO2.